The number of methoxy groups -OCH3 is 1. The summed E-state index contributed by atoms with van der Waals surface area (Å²) in [5, 5.41) is 14.0. The molecule has 1 amide bonds. The van der Waals surface area contributed by atoms with E-state index in [2.05, 4.69) is 18.9 Å². The number of carbonyl (C=O) groups is 2. The number of rotatable bonds is 7. The van der Waals surface area contributed by atoms with Gasteiger partial charge in [-0.25, -0.2) is 0 Å². The summed E-state index contributed by atoms with van der Waals surface area (Å²) in [6.45, 7) is 5.80. The highest BCUT2D eigenvalue weighted by Crippen LogP contribution is 2.42. The fourth-order valence-electron chi connectivity index (χ4n) is 3.68. The van der Waals surface area contributed by atoms with Gasteiger partial charge in [-0.1, -0.05) is 13.8 Å². The zero-order chi connectivity index (χ0) is 18.2. The van der Waals surface area contributed by atoms with Gasteiger partial charge < -0.3 is 14.7 Å². The molecule has 2 aliphatic rings. The van der Waals surface area contributed by atoms with Crippen LogP contribution < -0.4 is 0 Å². The molecule has 0 aromatic carbocycles. The standard InChI is InChI=1S/C18H27N3O4/c1-12(2)9-21-15(13-4-5-13)14(8-19-21)16(22)20-7-6-18(10-20,11-25-3)17(23)24/h8,12-13H,4-7,9-11H2,1-3H3,(H,23,24). The molecular formula is C18H27N3O4. The lowest BCUT2D eigenvalue weighted by Gasteiger charge is -2.24. The molecule has 1 aromatic heterocycles. The Balaban J connectivity index is 1.82. The van der Waals surface area contributed by atoms with Gasteiger partial charge >= 0.3 is 5.97 Å². The van der Waals surface area contributed by atoms with E-state index in [-0.39, 0.29) is 19.1 Å². The monoisotopic (exact) mass is 349 g/mol. The summed E-state index contributed by atoms with van der Waals surface area (Å²) in [6, 6.07) is 0. The molecule has 25 heavy (non-hydrogen) atoms. The molecule has 7 heteroatoms. The molecule has 0 spiro atoms. The van der Waals surface area contributed by atoms with Crippen molar-refractivity contribution >= 4 is 11.9 Å². The predicted molar refractivity (Wildman–Crippen MR) is 91.5 cm³/mol. The van der Waals surface area contributed by atoms with Gasteiger partial charge in [0.05, 0.1) is 24.1 Å². The number of aromatic nitrogens is 2. The number of carboxylic acids is 1. The summed E-state index contributed by atoms with van der Waals surface area (Å²) in [4.78, 5) is 26.4. The van der Waals surface area contributed by atoms with E-state index >= 15 is 0 Å². The summed E-state index contributed by atoms with van der Waals surface area (Å²) in [6.07, 6.45) is 4.26. The van der Waals surface area contributed by atoms with Gasteiger partial charge in [0.1, 0.15) is 5.41 Å². The van der Waals surface area contributed by atoms with Crippen molar-refractivity contribution in [2.24, 2.45) is 11.3 Å². The minimum Gasteiger partial charge on any atom is -0.481 e. The summed E-state index contributed by atoms with van der Waals surface area (Å²) in [7, 11) is 1.50. The molecule has 1 aliphatic heterocycles. The number of aliphatic carboxylic acids is 1. The normalized spacial score (nSPS) is 23.4. The van der Waals surface area contributed by atoms with E-state index in [9.17, 15) is 14.7 Å². The van der Waals surface area contributed by atoms with Crippen LogP contribution in [0.25, 0.3) is 0 Å². The maximum atomic E-state index is 13.1. The van der Waals surface area contributed by atoms with E-state index in [1.807, 2.05) is 4.68 Å². The van der Waals surface area contributed by atoms with Gasteiger partial charge in [-0.15, -0.1) is 0 Å². The molecule has 7 nitrogen and oxygen atoms in total. The largest absolute Gasteiger partial charge is 0.481 e. The van der Waals surface area contributed by atoms with Crippen LogP contribution in [0.5, 0.6) is 0 Å². The fraction of sp³-hybridized carbons (Fsp3) is 0.722. The van der Waals surface area contributed by atoms with Gasteiger partial charge in [0.25, 0.3) is 5.91 Å². The first-order chi connectivity index (χ1) is 11.9. The maximum absolute atomic E-state index is 13.1. The Morgan fingerprint density at radius 1 is 1.44 bits per heavy atom. The van der Waals surface area contributed by atoms with Gasteiger partial charge in [-0.05, 0) is 25.2 Å². The highest BCUT2D eigenvalue weighted by atomic mass is 16.5. The van der Waals surface area contributed by atoms with Crippen molar-refractivity contribution in [2.75, 3.05) is 26.8 Å². The van der Waals surface area contributed by atoms with Gasteiger partial charge in [0.2, 0.25) is 0 Å². The van der Waals surface area contributed by atoms with Crippen LogP contribution in [0.2, 0.25) is 0 Å². The van der Waals surface area contributed by atoms with Crippen molar-refractivity contribution in [3.8, 4) is 0 Å². The van der Waals surface area contributed by atoms with Crippen LogP contribution in [0.15, 0.2) is 6.20 Å². The quantitative estimate of drug-likeness (QED) is 0.814. The van der Waals surface area contributed by atoms with E-state index in [4.69, 9.17) is 4.74 Å². The lowest BCUT2D eigenvalue weighted by atomic mass is 9.88. The molecule has 1 unspecified atom stereocenters. The van der Waals surface area contributed by atoms with Crippen LogP contribution in [-0.4, -0.2) is 58.5 Å². The molecule has 1 N–H and O–H groups in total. The molecule has 0 radical (unpaired) electrons. The van der Waals surface area contributed by atoms with Crippen LogP contribution in [0.1, 0.15) is 55.1 Å². The second-order valence-corrected chi connectivity index (χ2v) is 7.79. The molecule has 1 aliphatic carbocycles. The molecule has 138 valence electrons. The van der Waals surface area contributed by atoms with Crippen LogP contribution in [0.3, 0.4) is 0 Å². The van der Waals surface area contributed by atoms with Crippen LogP contribution in [0.4, 0.5) is 0 Å². The van der Waals surface area contributed by atoms with E-state index in [0.29, 0.717) is 30.4 Å². The summed E-state index contributed by atoms with van der Waals surface area (Å²) in [5.74, 6) is -0.141. The predicted octanol–water partition coefficient (Wildman–Crippen LogP) is 1.98. The van der Waals surface area contributed by atoms with Crippen LogP contribution >= 0.6 is 0 Å². The third-order valence-corrected chi connectivity index (χ3v) is 5.13. The van der Waals surface area contributed by atoms with E-state index in [1.54, 1.807) is 11.1 Å². The van der Waals surface area contributed by atoms with Crippen molar-refractivity contribution < 1.29 is 19.4 Å². The first kappa shape index (κ1) is 17.9. The lowest BCUT2D eigenvalue weighted by molar-refractivity contribution is -0.151. The average Bonchev–Trinajstić information content (AvgIpc) is 3.15. The highest BCUT2D eigenvalue weighted by molar-refractivity contribution is 5.96. The minimum absolute atomic E-state index is 0.101. The number of carbonyl (C=O) groups excluding carboxylic acids is 1. The second-order valence-electron chi connectivity index (χ2n) is 7.79. The molecule has 2 fully saturated rings. The van der Waals surface area contributed by atoms with E-state index in [0.717, 1.165) is 25.1 Å². The number of hydrogen-bond donors (Lipinski definition) is 1. The molecular weight excluding hydrogens is 322 g/mol. The Morgan fingerprint density at radius 2 is 2.16 bits per heavy atom. The minimum atomic E-state index is -1.00. The number of likely N-dealkylation sites (tertiary alicyclic amines) is 1. The molecule has 2 heterocycles. The fourth-order valence-corrected chi connectivity index (χ4v) is 3.68. The Bertz CT molecular complexity index is 665. The Labute approximate surface area is 147 Å². The Hall–Kier alpha value is -1.89. The smallest absolute Gasteiger partial charge is 0.313 e. The van der Waals surface area contributed by atoms with Crippen molar-refractivity contribution in [3.63, 3.8) is 0 Å². The zero-order valence-electron chi connectivity index (χ0n) is 15.2. The van der Waals surface area contributed by atoms with Gasteiger partial charge in [0, 0.05) is 32.7 Å². The highest BCUT2D eigenvalue weighted by Gasteiger charge is 2.47. The number of nitrogens with zero attached hydrogens (tertiary/aromatic N) is 3. The average molecular weight is 349 g/mol. The van der Waals surface area contributed by atoms with Gasteiger partial charge in [0.15, 0.2) is 0 Å². The van der Waals surface area contributed by atoms with Crippen molar-refractivity contribution in [1.82, 2.24) is 14.7 Å². The Kier molecular flexibility index (Phi) is 4.86. The first-order valence-corrected chi connectivity index (χ1v) is 8.95. The Morgan fingerprint density at radius 3 is 2.72 bits per heavy atom. The van der Waals surface area contributed by atoms with Crippen molar-refractivity contribution in [3.05, 3.63) is 17.5 Å². The third-order valence-electron chi connectivity index (χ3n) is 5.13. The number of hydrogen-bond acceptors (Lipinski definition) is 4. The number of carboxylic acid groups (broad SMARTS) is 1. The number of amides is 1. The van der Waals surface area contributed by atoms with Gasteiger partial charge in [-0.3, -0.25) is 14.3 Å². The van der Waals surface area contributed by atoms with Crippen LogP contribution in [0, 0.1) is 11.3 Å². The molecule has 1 saturated heterocycles. The molecule has 1 saturated carbocycles. The zero-order valence-corrected chi connectivity index (χ0v) is 15.2. The maximum Gasteiger partial charge on any atom is 0.313 e. The van der Waals surface area contributed by atoms with E-state index in [1.165, 1.54) is 7.11 Å². The van der Waals surface area contributed by atoms with Gasteiger partial charge in [-0.2, -0.15) is 5.10 Å². The SMILES string of the molecule is COCC1(C(=O)O)CCN(C(=O)c2cnn(CC(C)C)c2C2CC2)C1. The summed E-state index contributed by atoms with van der Waals surface area (Å²) < 4.78 is 7.07. The summed E-state index contributed by atoms with van der Waals surface area (Å²) >= 11 is 0. The van der Waals surface area contributed by atoms with Crippen LogP contribution in [-0.2, 0) is 16.1 Å². The first-order valence-electron chi connectivity index (χ1n) is 8.95. The second kappa shape index (κ2) is 6.78. The number of ether oxygens (including phenoxy) is 1. The van der Waals surface area contributed by atoms with E-state index < -0.39 is 11.4 Å². The lowest BCUT2D eigenvalue weighted by Crippen LogP contribution is -2.40. The van der Waals surface area contributed by atoms with Crippen molar-refractivity contribution in [2.45, 2.75) is 45.6 Å². The molecule has 1 aromatic rings. The third kappa shape index (κ3) is 3.42. The molecule has 3 rings (SSSR count). The molecule has 1 atom stereocenters. The molecule has 0 bridgehead atoms. The topological polar surface area (TPSA) is 84.7 Å². The summed E-state index contributed by atoms with van der Waals surface area (Å²) in [5.41, 5.74) is 0.665. The van der Waals surface area contributed by atoms with Crippen molar-refractivity contribution in [1.29, 1.82) is 0 Å².